The van der Waals surface area contributed by atoms with E-state index in [0.717, 1.165) is 17.7 Å². The first-order valence-electron chi connectivity index (χ1n) is 9.33. The highest BCUT2D eigenvalue weighted by molar-refractivity contribution is 5.78. The average molecular weight is 410 g/mol. The Bertz CT molecular complexity index is 818. The maximum atomic E-state index is 13.3. The molecule has 0 aliphatic carbocycles. The third kappa shape index (κ3) is 6.01. The van der Waals surface area contributed by atoms with Gasteiger partial charge in [-0.3, -0.25) is 9.69 Å². The van der Waals surface area contributed by atoms with E-state index in [4.69, 9.17) is 4.74 Å². The SMILES string of the molecule is O=C(Cc1cccc(C(F)(F)F)c1)NCC(c1ccc(F)cc1)N1CCOCC1. The molecule has 1 fully saturated rings. The number of nitrogens with zero attached hydrogens (tertiary/aromatic N) is 1. The first-order chi connectivity index (χ1) is 13.8. The summed E-state index contributed by atoms with van der Waals surface area (Å²) in [7, 11) is 0. The van der Waals surface area contributed by atoms with Crippen LogP contribution in [0.15, 0.2) is 48.5 Å². The zero-order valence-corrected chi connectivity index (χ0v) is 15.7. The van der Waals surface area contributed by atoms with E-state index in [0.29, 0.717) is 31.9 Å². The van der Waals surface area contributed by atoms with E-state index in [1.807, 2.05) is 0 Å². The normalized spacial score (nSPS) is 16.4. The highest BCUT2D eigenvalue weighted by atomic mass is 19.4. The number of carbonyl (C=O) groups excluding carboxylic acids is 1. The van der Waals surface area contributed by atoms with Gasteiger partial charge in [-0.2, -0.15) is 13.2 Å². The molecule has 1 saturated heterocycles. The molecule has 0 saturated carbocycles. The minimum atomic E-state index is -4.45. The summed E-state index contributed by atoms with van der Waals surface area (Å²) in [6.45, 7) is 2.74. The van der Waals surface area contributed by atoms with Crippen molar-refractivity contribution in [2.75, 3.05) is 32.8 Å². The predicted octanol–water partition coefficient (Wildman–Crippen LogP) is 3.58. The van der Waals surface area contributed by atoms with Gasteiger partial charge >= 0.3 is 6.18 Å². The molecule has 1 atom stereocenters. The number of hydrogen-bond donors (Lipinski definition) is 1. The van der Waals surface area contributed by atoms with Crippen molar-refractivity contribution in [3.8, 4) is 0 Å². The molecule has 8 heteroatoms. The maximum absolute atomic E-state index is 13.3. The first-order valence-corrected chi connectivity index (χ1v) is 9.33. The highest BCUT2D eigenvalue weighted by Crippen LogP contribution is 2.29. The molecule has 1 N–H and O–H groups in total. The van der Waals surface area contributed by atoms with Gasteiger partial charge in [0.15, 0.2) is 0 Å². The summed E-state index contributed by atoms with van der Waals surface area (Å²) in [5.41, 5.74) is 0.370. The maximum Gasteiger partial charge on any atom is 0.416 e. The van der Waals surface area contributed by atoms with Gasteiger partial charge in [-0.15, -0.1) is 0 Å². The van der Waals surface area contributed by atoms with E-state index in [1.165, 1.54) is 24.3 Å². The molecule has 4 nitrogen and oxygen atoms in total. The van der Waals surface area contributed by atoms with Crippen LogP contribution in [0.5, 0.6) is 0 Å². The van der Waals surface area contributed by atoms with Gasteiger partial charge in [0.2, 0.25) is 5.91 Å². The van der Waals surface area contributed by atoms with Gasteiger partial charge < -0.3 is 10.1 Å². The molecule has 156 valence electrons. The van der Waals surface area contributed by atoms with Crippen LogP contribution in [-0.4, -0.2) is 43.7 Å². The van der Waals surface area contributed by atoms with Crippen LogP contribution in [0.4, 0.5) is 17.6 Å². The van der Waals surface area contributed by atoms with Crippen molar-refractivity contribution in [2.45, 2.75) is 18.6 Å². The number of alkyl halides is 3. The fraction of sp³-hybridized carbons (Fsp3) is 0.381. The second kappa shape index (κ2) is 9.37. The molecule has 0 radical (unpaired) electrons. The van der Waals surface area contributed by atoms with E-state index < -0.39 is 11.7 Å². The van der Waals surface area contributed by atoms with Crippen molar-refractivity contribution in [2.24, 2.45) is 0 Å². The number of ether oxygens (including phenoxy) is 1. The summed E-state index contributed by atoms with van der Waals surface area (Å²) in [6, 6.07) is 10.7. The molecule has 3 rings (SSSR count). The lowest BCUT2D eigenvalue weighted by Gasteiger charge is -2.35. The van der Waals surface area contributed by atoms with Crippen molar-refractivity contribution >= 4 is 5.91 Å². The van der Waals surface area contributed by atoms with E-state index in [9.17, 15) is 22.4 Å². The Morgan fingerprint density at radius 1 is 1.10 bits per heavy atom. The third-order valence-electron chi connectivity index (χ3n) is 4.85. The van der Waals surface area contributed by atoms with Crippen LogP contribution in [0.3, 0.4) is 0 Å². The molecular weight excluding hydrogens is 388 g/mol. The predicted molar refractivity (Wildman–Crippen MR) is 99.7 cm³/mol. The van der Waals surface area contributed by atoms with Gasteiger partial charge in [-0.1, -0.05) is 30.3 Å². The van der Waals surface area contributed by atoms with Crippen LogP contribution in [0.25, 0.3) is 0 Å². The van der Waals surface area contributed by atoms with E-state index in [-0.39, 0.29) is 30.7 Å². The van der Waals surface area contributed by atoms with Gasteiger partial charge in [-0.25, -0.2) is 4.39 Å². The lowest BCUT2D eigenvalue weighted by Crippen LogP contribution is -2.44. The summed E-state index contributed by atoms with van der Waals surface area (Å²) >= 11 is 0. The molecule has 1 aliphatic heterocycles. The van der Waals surface area contributed by atoms with Crippen LogP contribution >= 0.6 is 0 Å². The molecule has 1 aliphatic rings. The van der Waals surface area contributed by atoms with E-state index >= 15 is 0 Å². The highest BCUT2D eigenvalue weighted by Gasteiger charge is 2.30. The van der Waals surface area contributed by atoms with Crippen LogP contribution in [0, 0.1) is 5.82 Å². The molecule has 0 aromatic heterocycles. The number of morpholine rings is 1. The van der Waals surface area contributed by atoms with E-state index in [2.05, 4.69) is 10.2 Å². The van der Waals surface area contributed by atoms with Crippen molar-refractivity contribution in [1.29, 1.82) is 0 Å². The molecule has 2 aromatic carbocycles. The smallest absolute Gasteiger partial charge is 0.379 e. The quantitative estimate of drug-likeness (QED) is 0.741. The van der Waals surface area contributed by atoms with E-state index in [1.54, 1.807) is 12.1 Å². The minimum Gasteiger partial charge on any atom is -0.379 e. The summed E-state index contributed by atoms with van der Waals surface area (Å²) in [6.07, 6.45) is -4.60. The van der Waals surface area contributed by atoms with Gasteiger partial charge in [0.1, 0.15) is 5.82 Å². The summed E-state index contributed by atoms with van der Waals surface area (Å²) in [5.74, 6) is -0.715. The van der Waals surface area contributed by atoms with Crippen LogP contribution in [0.1, 0.15) is 22.7 Å². The monoisotopic (exact) mass is 410 g/mol. The van der Waals surface area contributed by atoms with Crippen molar-refractivity contribution < 1.29 is 27.1 Å². The standard InChI is InChI=1S/C21H22F4N2O2/c22-18-6-4-16(5-7-18)19(27-8-10-29-11-9-27)14-26-20(28)13-15-2-1-3-17(12-15)21(23,24)25/h1-7,12,19H,8-11,13-14H2,(H,26,28). The molecule has 0 spiro atoms. The fourth-order valence-corrected chi connectivity index (χ4v) is 3.35. The Balaban J connectivity index is 1.65. The Morgan fingerprint density at radius 3 is 2.45 bits per heavy atom. The number of amides is 1. The topological polar surface area (TPSA) is 41.6 Å². The Morgan fingerprint density at radius 2 is 1.79 bits per heavy atom. The zero-order valence-electron chi connectivity index (χ0n) is 15.7. The van der Waals surface area contributed by atoms with Crippen LogP contribution in [0.2, 0.25) is 0 Å². The Labute approximate surface area is 166 Å². The zero-order chi connectivity index (χ0) is 20.9. The Hall–Kier alpha value is -2.45. The Kier molecular flexibility index (Phi) is 6.87. The molecule has 2 aromatic rings. The summed E-state index contributed by atoms with van der Waals surface area (Å²) < 4.78 is 57.2. The third-order valence-corrected chi connectivity index (χ3v) is 4.85. The number of hydrogen-bond acceptors (Lipinski definition) is 3. The number of nitrogens with one attached hydrogen (secondary N) is 1. The van der Waals surface area contributed by atoms with Crippen molar-refractivity contribution in [3.63, 3.8) is 0 Å². The van der Waals surface area contributed by atoms with Crippen LogP contribution in [-0.2, 0) is 22.1 Å². The minimum absolute atomic E-state index is 0.150. The number of rotatable bonds is 6. The van der Waals surface area contributed by atoms with Crippen molar-refractivity contribution in [1.82, 2.24) is 10.2 Å². The second-order valence-corrected chi connectivity index (χ2v) is 6.89. The lowest BCUT2D eigenvalue weighted by atomic mass is 10.0. The first kappa shape index (κ1) is 21.3. The van der Waals surface area contributed by atoms with Gasteiger partial charge in [0, 0.05) is 19.6 Å². The van der Waals surface area contributed by atoms with Crippen LogP contribution < -0.4 is 5.32 Å². The fourth-order valence-electron chi connectivity index (χ4n) is 3.35. The average Bonchev–Trinajstić information content (AvgIpc) is 2.70. The van der Waals surface area contributed by atoms with Gasteiger partial charge in [-0.05, 0) is 29.3 Å². The molecule has 1 amide bonds. The molecule has 1 unspecified atom stereocenters. The summed E-state index contributed by atoms with van der Waals surface area (Å²) in [5, 5.41) is 2.80. The van der Waals surface area contributed by atoms with Crippen molar-refractivity contribution in [3.05, 3.63) is 71.0 Å². The largest absolute Gasteiger partial charge is 0.416 e. The van der Waals surface area contributed by atoms with Gasteiger partial charge in [0.25, 0.3) is 0 Å². The molecule has 1 heterocycles. The second-order valence-electron chi connectivity index (χ2n) is 6.89. The number of benzene rings is 2. The molecule has 29 heavy (non-hydrogen) atoms. The molecule has 0 bridgehead atoms. The molecular formula is C21H22F4N2O2. The number of carbonyl (C=O) groups is 1. The lowest BCUT2D eigenvalue weighted by molar-refractivity contribution is -0.137. The van der Waals surface area contributed by atoms with Gasteiger partial charge in [0.05, 0.1) is 31.2 Å². The summed E-state index contributed by atoms with van der Waals surface area (Å²) in [4.78, 5) is 14.5. The number of halogens is 4.